The van der Waals surface area contributed by atoms with Crippen LogP contribution in [0.25, 0.3) is 0 Å². The molecule has 1 saturated carbocycles. The highest BCUT2D eigenvalue weighted by atomic mass is 16.6. The van der Waals surface area contributed by atoms with E-state index in [1.54, 1.807) is 4.90 Å². The summed E-state index contributed by atoms with van der Waals surface area (Å²) in [6.07, 6.45) is 3.74. The van der Waals surface area contributed by atoms with Gasteiger partial charge in [0, 0.05) is 30.5 Å². The summed E-state index contributed by atoms with van der Waals surface area (Å²) in [7, 11) is 1.41. The van der Waals surface area contributed by atoms with Crippen LogP contribution in [0.4, 0.5) is 4.79 Å². The smallest absolute Gasteiger partial charge is 0.409 e. The normalized spacial score (nSPS) is 23.8. The fourth-order valence-corrected chi connectivity index (χ4v) is 5.21. The first kappa shape index (κ1) is 22.9. The van der Waals surface area contributed by atoms with E-state index in [1.807, 2.05) is 61.5 Å². The zero-order valence-corrected chi connectivity index (χ0v) is 19.4. The molecule has 5 heteroatoms. The van der Waals surface area contributed by atoms with Gasteiger partial charge in [0.2, 0.25) is 0 Å². The van der Waals surface area contributed by atoms with E-state index in [1.165, 1.54) is 7.11 Å². The Bertz CT molecular complexity index is 1050. The Morgan fingerprint density at radius 2 is 1.94 bits per heavy atom. The maximum absolute atomic E-state index is 13.0. The number of amides is 1. The number of carbonyl (C=O) groups excluding carboxylic acids is 2. The van der Waals surface area contributed by atoms with Gasteiger partial charge >= 0.3 is 12.1 Å². The maximum atomic E-state index is 13.0. The van der Waals surface area contributed by atoms with Crippen molar-refractivity contribution >= 4 is 12.1 Å². The Labute approximate surface area is 196 Å². The Hall–Kier alpha value is -3.26. The Morgan fingerprint density at radius 1 is 1.12 bits per heavy atom. The lowest BCUT2D eigenvalue weighted by Gasteiger charge is -2.42. The van der Waals surface area contributed by atoms with E-state index in [-0.39, 0.29) is 24.0 Å². The number of aryl methyl sites for hydroxylation is 2. The van der Waals surface area contributed by atoms with Crippen molar-refractivity contribution in [2.24, 2.45) is 5.92 Å². The number of hydrogen-bond acceptors (Lipinski definition) is 4. The molecule has 1 amide bonds. The van der Waals surface area contributed by atoms with Crippen molar-refractivity contribution in [3.63, 3.8) is 0 Å². The van der Waals surface area contributed by atoms with Crippen molar-refractivity contribution in [3.8, 4) is 11.8 Å². The van der Waals surface area contributed by atoms with Crippen LogP contribution in [-0.2, 0) is 20.7 Å². The topological polar surface area (TPSA) is 55.8 Å². The summed E-state index contributed by atoms with van der Waals surface area (Å²) in [6, 6.07) is 17.9. The lowest BCUT2D eigenvalue weighted by Crippen LogP contribution is -2.51. The summed E-state index contributed by atoms with van der Waals surface area (Å²) in [5.41, 5.74) is 2.24. The van der Waals surface area contributed by atoms with Crippen molar-refractivity contribution in [2.45, 2.75) is 57.1 Å². The van der Waals surface area contributed by atoms with Gasteiger partial charge < -0.3 is 14.4 Å². The molecule has 0 N–H and O–H groups in total. The molecule has 3 atom stereocenters. The Balaban J connectivity index is 1.60. The van der Waals surface area contributed by atoms with E-state index < -0.39 is 5.60 Å². The third-order valence-corrected chi connectivity index (χ3v) is 6.80. The molecule has 0 spiro atoms. The molecule has 5 nitrogen and oxygen atoms in total. The molecule has 2 fully saturated rings. The lowest BCUT2D eigenvalue weighted by atomic mass is 9.72. The molecule has 2 aromatic rings. The standard InChI is InChI=1S/C28H31NO4/c1-21-8-6-11-23(20-21)15-18-28(33-26(30)14-13-22-9-4-3-5-10-22)17-7-12-25-24(28)16-19-29(25)27(31)32-2/h3-6,8-11,20,24-25H,7,12-14,16-17,19H2,1-2H3. The van der Waals surface area contributed by atoms with Crippen molar-refractivity contribution in [3.05, 3.63) is 71.3 Å². The molecular formula is C28H31NO4. The fourth-order valence-electron chi connectivity index (χ4n) is 5.21. The molecule has 2 aliphatic rings. The van der Waals surface area contributed by atoms with E-state index in [2.05, 4.69) is 11.8 Å². The molecule has 4 rings (SSSR count). The summed E-state index contributed by atoms with van der Waals surface area (Å²) < 4.78 is 11.2. The molecule has 1 saturated heterocycles. The highest BCUT2D eigenvalue weighted by Gasteiger charge is 2.53. The number of ether oxygens (including phenoxy) is 2. The van der Waals surface area contributed by atoms with E-state index in [0.717, 1.165) is 36.0 Å². The van der Waals surface area contributed by atoms with Gasteiger partial charge in [-0.3, -0.25) is 4.79 Å². The molecule has 33 heavy (non-hydrogen) atoms. The van der Waals surface area contributed by atoms with Crippen molar-refractivity contribution in [2.75, 3.05) is 13.7 Å². The van der Waals surface area contributed by atoms with Gasteiger partial charge in [0.25, 0.3) is 0 Å². The number of nitrogens with zero attached hydrogens (tertiary/aromatic N) is 1. The van der Waals surface area contributed by atoms with Crippen LogP contribution in [0.2, 0.25) is 0 Å². The molecule has 2 aromatic carbocycles. The van der Waals surface area contributed by atoms with Gasteiger partial charge in [-0.15, -0.1) is 0 Å². The average molecular weight is 446 g/mol. The van der Waals surface area contributed by atoms with Gasteiger partial charge in [-0.05, 0) is 68.2 Å². The zero-order valence-electron chi connectivity index (χ0n) is 19.4. The number of esters is 1. The predicted molar refractivity (Wildman–Crippen MR) is 127 cm³/mol. The van der Waals surface area contributed by atoms with E-state index in [4.69, 9.17) is 9.47 Å². The second kappa shape index (κ2) is 10.1. The zero-order chi connectivity index (χ0) is 23.3. The van der Waals surface area contributed by atoms with Gasteiger partial charge in [-0.2, -0.15) is 0 Å². The molecule has 172 valence electrons. The lowest BCUT2D eigenvalue weighted by molar-refractivity contribution is -0.162. The van der Waals surface area contributed by atoms with E-state index >= 15 is 0 Å². The maximum Gasteiger partial charge on any atom is 0.409 e. The first-order valence-corrected chi connectivity index (χ1v) is 11.7. The van der Waals surface area contributed by atoms with Crippen LogP contribution in [0.5, 0.6) is 0 Å². The molecule has 0 bridgehead atoms. The summed E-state index contributed by atoms with van der Waals surface area (Å²) in [6.45, 7) is 2.63. The van der Waals surface area contributed by atoms with Crippen LogP contribution in [0.3, 0.4) is 0 Å². The quantitative estimate of drug-likeness (QED) is 0.496. The van der Waals surface area contributed by atoms with Crippen LogP contribution in [0, 0.1) is 24.7 Å². The van der Waals surface area contributed by atoms with Crippen molar-refractivity contribution in [1.82, 2.24) is 4.90 Å². The monoisotopic (exact) mass is 445 g/mol. The molecule has 1 heterocycles. The van der Waals surface area contributed by atoms with Crippen LogP contribution < -0.4 is 0 Å². The summed E-state index contributed by atoms with van der Waals surface area (Å²) >= 11 is 0. The highest BCUT2D eigenvalue weighted by molar-refractivity contribution is 5.71. The summed E-state index contributed by atoms with van der Waals surface area (Å²) in [4.78, 5) is 27.1. The molecule has 0 aromatic heterocycles. The minimum Gasteiger partial charge on any atom is -0.453 e. The molecule has 0 radical (unpaired) electrons. The predicted octanol–water partition coefficient (Wildman–Crippen LogP) is 4.90. The number of hydrogen-bond donors (Lipinski definition) is 0. The van der Waals surface area contributed by atoms with Gasteiger partial charge in [0.05, 0.1) is 7.11 Å². The van der Waals surface area contributed by atoms with Crippen LogP contribution in [-0.4, -0.2) is 42.3 Å². The number of benzene rings is 2. The van der Waals surface area contributed by atoms with Gasteiger partial charge in [0.1, 0.15) is 0 Å². The number of likely N-dealkylation sites (tertiary alicyclic amines) is 1. The largest absolute Gasteiger partial charge is 0.453 e. The highest BCUT2D eigenvalue weighted by Crippen LogP contribution is 2.45. The van der Waals surface area contributed by atoms with E-state index in [9.17, 15) is 9.59 Å². The van der Waals surface area contributed by atoms with Crippen LogP contribution >= 0.6 is 0 Å². The van der Waals surface area contributed by atoms with Crippen LogP contribution in [0.15, 0.2) is 54.6 Å². The Morgan fingerprint density at radius 3 is 2.70 bits per heavy atom. The SMILES string of the molecule is COC(=O)N1CCC2C1CCCC2(C#Cc1cccc(C)c1)OC(=O)CCc1ccccc1. The number of methoxy groups -OCH3 is 1. The summed E-state index contributed by atoms with van der Waals surface area (Å²) in [5.74, 6) is 6.40. The molecule has 1 aliphatic heterocycles. The molecular weight excluding hydrogens is 414 g/mol. The van der Waals surface area contributed by atoms with Crippen molar-refractivity contribution in [1.29, 1.82) is 0 Å². The van der Waals surface area contributed by atoms with Crippen molar-refractivity contribution < 1.29 is 19.1 Å². The van der Waals surface area contributed by atoms with Gasteiger partial charge in [0.15, 0.2) is 5.60 Å². The summed E-state index contributed by atoms with van der Waals surface area (Å²) in [5, 5.41) is 0. The number of carbonyl (C=O) groups is 2. The fraction of sp³-hybridized carbons (Fsp3) is 0.429. The first-order valence-electron chi connectivity index (χ1n) is 11.7. The minimum atomic E-state index is -0.900. The molecule has 1 aliphatic carbocycles. The second-order valence-electron chi connectivity index (χ2n) is 8.99. The number of fused-ring (bicyclic) bond motifs is 1. The Kier molecular flexibility index (Phi) is 7.03. The first-order chi connectivity index (χ1) is 16.0. The average Bonchev–Trinajstić information content (AvgIpc) is 3.27. The number of rotatable bonds is 4. The molecule has 3 unspecified atom stereocenters. The van der Waals surface area contributed by atoms with Crippen LogP contribution in [0.1, 0.15) is 48.8 Å². The van der Waals surface area contributed by atoms with Gasteiger partial charge in [-0.25, -0.2) is 4.79 Å². The minimum absolute atomic E-state index is 0.0247. The third-order valence-electron chi connectivity index (χ3n) is 6.80. The third kappa shape index (κ3) is 5.22. The van der Waals surface area contributed by atoms with Gasteiger partial charge in [-0.1, -0.05) is 48.4 Å². The van der Waals surface area contributed by atoms with E-state index in [0.29, 0.717) is 25.8 Å². The second-order valence-corrected chi connectivity index (χ2v) is 8.99.